The van der Waals surface area contributed by atoms with Crippen molar-refractivity contribution in [2.75, 3.05) is 25.5 Å². The second kappa shape index (κ2) is 8.85. The molecule has 2 aromatic rings. The zero-order valence-electron chi connectivity index (χ0n) is 13.8. The van der Waals surface area contributed by atoms with E-state index < -0.39 is 0 Å². The first-order valence-electron chi connectivity index (χ1n) is 7.57. The van der Waals surface area contributed by atoms with Gasteiger partial charge in [0, 0.05) is 36.9 Å². The lowest BCUT2D eigenvalue weighted by molar-refractivity contribution is 0.241. The largest absolute Gasteiger partial charge is 0.378 e. The third kappa shape index (κ3) is 5.86. The lowest BCUT2D eigenvalue weighted by Crippen LogP contribution is -2.35. The van der Waals surface area contributed by atoms with Gasteiger partial charge < -0.3 is 15.5 Å². The Morgan fingerprint density at radius 1 is 1.04 bits per heavy atom. The lowest BCUT2D eigenvalue weighted by atomic mass is 10.2. The maximum absolute atomic E-state index is 11.7. The minimum Gasteiger partial charge on any atom is -0.378 e. The first-order valence-corrected chi connectivity index (χ1v) is 7.95. The van der Waals surface area contributed by atoms with Crippen LogP contribution in [0.2, 0.25) is 5.02 Å². The van der Waals surface area contributed by atoms with Crippen LogP contribution in [0.3, 0.4) is 0 Å². The number of carbonyl (C=O) groups is 1. The number of nitrogens with one attached hydrogen (secondary N) is 2. The Balaban J connectivity index is 1.73. The van der Waals surface area contributed by atoms with Crippen molar-refractivity contribution in [2.45, 2.75) is 6.54 Å². The normalized spacial score (nSPS) is 9.62. The van der Waals surface area contributed by atoms with E-state index in [1.54, 1.807) is 12.1 Å². The molecule has 0 aromatic heterocycles. The summed E-state index contributed by atoms with van der Waals surface area (Å²) in [4.78, 5) is 13.7. The van der Waals surface area contributed by atoms with Gasteiger partial charge in [0.05, 0.1) is 6.54 Å². The average molecular weight is 342 g/mol. The Bertz CT molecular complexity index is 728. The van der Waals surface area contributed by atoms with E-state index >= 15 is 0 Å². The molecule has 2 rings (SSSR count). The highest BCUT2D eigenvalue weighted by atomic mass is 35.5. The van der Waals surface area contributed by atoms with Crippen LogP contribution in [0.1, 0.15) is 11.1 Å². The first-order chi connectivity index (χ1) is 11.5. The van der Waals surface area contributed by atoms with E-state index in [2.05, 4.69) is 22.5 Å². The average Bonchev–Trinajstić information content (AvgIpc) is 2.58. The molecule has 24 heavy (non-hydrogen) atoms. The van der Waals surface area contributed by atoms with Crippen LogP contribution in [-0.4, -0.2) is 26.7 Å². The SMILES string of the molecule is CN(C)c1ccc(C#CCNC(=O)NCc2ccc(Cl)cc2)cc1. The Labute approximate surface area is 147 Å². The van der Waals surface area contributed by atoms with Gasteiger partial charge in [-0.3, -0.25) is 0 Å². The highest BCUT2D eigenvalue weighted by Crippen LogP contribution is 2.11. The maximum atomic E-state index is 11.7. The topological polar surface area (TPSA) is 44.4 Å². The lowest BCUT2D eigenvalue weighted by Gasteiger charge is -2.11. The third-order valence-corrected chi connectivity index (χ3v) is 3.57. The van der Waals surface area contributed by atoms with Gasteiger partial charge in [-0.15, -0.1) is 0 Å². The number of hydrogen-bond donors (Lipinski definition) is 2. The molecular formula is C19H20ClN3O. The molecule has 4 nitrogen and oxygen atoms in total. The predicted octanol–water partition coefficient (Wildman–Crippen LogP) is 3.26. The molecule has 2 aromatic carbocycles. The van der Waals surface area contributed by atoms with Crippen molar-refractivity contribution in [1.82, 2.24) is 10.6 Å². The van der Waals surface area contributed by atoms with Gasteiger partial charge in [0.25, 0.3) is 0 Å². The second-order valence-corrected chi connectivity index (χ2v) is 5.84. The number of nitrogens with zero attached hydrogens (tertiary/aromatic N) is 1. The Kier molecular flexibility index (Phi) is 6.53. The Hall–Kier alpha value is -2.64. The van der Waals surface area contributed by atoms with Gasteiger partial charge in [-0.1, -0.05) is 35.6 Å². The van der Waals surface area contributed by atoms with Crippen molar-refractivity contribution in [1.29, 1.82) is 0 Å². The van der Waals surface area contributed by atoms with Crippen LogP contribution >= 0.6 is 11.6 Å². The van der Waals surface area contributed by atoms with Gasteiger partial charge in [-0.05, 0) is 42.0 Å². The second-order valence-electron chi connectivity index (χ2n) is 5.41. The fraction of sp³-hybridized carbons (Fsp3) is 0.211. The summed E-state index contributed by atoms with van der Waals surface area (Å²) in [7, 11) is 3.99. The summed E-state index contributed by atoms with van der Waals surface area (Å²) in [5.41, 5.74) is 3.03. The molecule has 0 aliphatic carbocycles. The van der Waals surface area contributed by atoms with Gasteiger partial charge in [0.15, 0.2) is 0 Å². The number of halogens is 1. The number of benzene rings is 2. The maximum Gasteiger partial charge on any atom is 0.315 e. The van der Waals surface area contributed by atoms with Crippen molar-refractivity contribution in [3.05, 3.63) is 64.7 Å². The number of anilines is 1. The van der Waals surface area contributed by atoms with Crippen LogP contribution in [0, 0.1) is 11.8 Å². The number of carbonyl (C=O) groups excluding carboxylic acids is 1. The van der Waals surface area contributed by atoms with E-state index in [4.69, 9.17) is 11.6 Å². The summed E-state index contributed by atoms with van der Waals surface area (Å²) in [5.74, 6) is 5.95. The van der Waals surface area contributed by atoms with Crippen LogP contribution in [0.4, 0.5) is 10.5 Å². The molecule has 2 N–H and O–H groups in total. The van der Waals surface area contributed by atoms with E-state index in [-0.39, 0.29) is 6.03 Å². The number of rotatable bonds is 4. The van der Waals surface area contributed by atoms with Crippen LogP contribution in [0.15, 0.2) is 48.5 Å². The summed E-state index contributed by atoms with van der Waals surface area (Å²) in [6, 6.07) is 15.0. The number of amides is 2. The van der Waals surface area contributed by atoms with E-state index in [1.165, 1.54) is 0 Å². The van der Waals surface area contributed by atoms with Crippen molar-refractivity contribution in [3.8, 4) is 11.8 Å². The summed E-state index contributed by atoms with van der Waals surface area (Å²) < 4.78 is 0. The zero-order valence-corrected chi connectivity index (χ0v) is 14.5. The molecule has 0 saturated heterocycles. The van der Waals surface area contributed by atoms with Crippen molar-refractivity contribution in [2.24, 2.45) is 0 Å². The molecule has 2 amide bonds. The van der Waals surface area contributed by atoms with Crippen molar-refractivity contribution in [3.63, 3.8) is 0 Å². The Morgan fingerprint density at radius 2 is 1.71 bits per heavy atom. The van der Waals surface area contributed by atoms with E-state index in [0.717, 1.165) is 16.8 Å². The van der Waals surface area contributed by atoms with Crippen LogP contribution < -0.4 is 15.5 Å². The molecule has 0 heterocycles. The Morgan fingerprint density at radius 3 is 2.33 bits per heavy atom. The molecule has 0 bridgehead atoms. The molecular weight excluding hydrogens is 322 g/mol. The van der Waals surface area contributed by atoms with Crippen LogP contribution in [-0.2, 0) is 6.54 Å². The van der Waals surface area contributed by atoms with Crippen LogP contribution in [0.25, 0.3) is 0 Å². The fourth-order valence-electron chi connectivity index (χ4n) is 1.96. The minimum atomic E-state index is -0.248. The standard InChI is InChI=1S/C19H20ClN3O/c1-23(2)18-11-7-15(8-12-18)4-3-13-21-19(24)22-14-16-5-9-17(20)10-6-16/h5-12H,13-14H2,1-2H3,(H2,21,22,24). The predicted molar refractivity (Wildman–Crippen MR) is 99.3 cm³/mol. The smallest absolute Gasteiger partial charge is 0.315 e. The van der Waals surface area contributed by atoms with Gasteiger partial charge in [-0.25, -0.2) is 4.79 Å². The molecule has 0 radical (unpaired) electrons. The third-order valence-electron chi connectivity index (χ3n) is 3.32. The highest BCUT2D eigenvalue weighted by Gasteiger charge is 1.99. The van der Waals surface area contributed by atoms with E-state index in [9.17, 15) is 4.79 Å². The minimum absolute atomic E-state index is 0.248. The molecule has 0 aliphatic rings. The summed E-state index contributed by atoms with van der Waals surface area (Å²) in [6.45, 7) is 0.740. The molecule has 0 saturated carbocycles. The van der Waals surface area contributed by atoms with Crippen molar-refractivity contribution < 1.29 is 4.79 Å². The summed E-state index contributed by atoms with van der Waals surface area (Å²) in [6.07, 6.45) is 0. The molecule has 5 heteroatoms. The quantitative estimate of drug-likeness (QED) is 0.838. The zero-order chi connectivity index (χ0) is 17.4. The van der Waals surface area contributed by atoms with Gasteiger partial charge in [0.1, 0.15) is 0 Å². The van der Waals surface area contributed by atoms with Gasteiger partial charge in [0.2, 0.25) is 0 Å². The number of urea groups is 1. The van der Waals surface area contributed by atoms with Crippen molar-refractivity contribution >= 4 is 23.3 Å². The summed E-state index contributed by atoms with van der Waals surface area (Å²) in [5, 5.41) is 6.15. The van der Waals surface area contributed by atoms with Gasteiger partial charge >= 0.3 is 6.03 Å². The fourth-order valence-corrected chi connectivity index (χ4v) is 2.09. The van der Waals surface area contributed by atoms with E-state index in [1.807, 2.05) is 55.4 Å². The molecule has 0 unspecified atom stereocenters. The molecule has 0 spiro atoms. The number of hydrogen-bond acceptors (Lipinski definition) is 2. The monoisotopic (exact) mass is 341 g/mol. The molecule has 124 valence electrons. The summed E-state index contributed by atoms with van der Waals surface area (Å²) >= 11 is 5.82. The highest BCUT2D eigenvalue weighted by molar-refractivity contribution is 6.30. The molecule has 0 aliphatic heterocycles. The van der Waals surface area contributed by atoms with Crippen LogP contribution in [0.5, 0.6) is 0 Å². The van der Waals surface area contributed by atoms with Gasteiger partial charge in [-0.2, -0.15) is 0 Å². The molecule has 0 atom stereocenters. The first kappa shape index (κ1) is 17.7. The van der Waals surface area contributed by atoms with E-state index in [0.29, 0.717) is 18.1 Å². The molecule has 0 fully saturated rings.